The number of ether oxygens (including phenoxy) is 2. The molecule has 3 fully saturated rings. The largest absolute Gasteiger partial charge is 0.508 e. The minimum Gasteiger partial charge on any atom is -0.508 e. The number of aliphatic hydroxyl groups is 1. The quantitative estimate of drug-likeness (QED) is 0.183. The fourth-order valence-electron chi connectivity index (χ4n) is 6.83. The Morgan fingerprint density at radius 1 is 1.23 bits per heavy atom. The molecule has 3 unspecified atom stereocenters. The summed E-state index contributed by atoms with van der Waals surface area (Å²) >= 11 is 2.02. The summed E-state index contributed by atoms with van der Waals surface area (Å²) in [6, 6.07) is 6.26. The van der Waals surface area contributed by atoms with Gasteiger partial charge in [0.25, 0.3) is 0 Å². The molecule has 2 aromatic heterocycles. The van der Waals surface area contributed by atoms with Gasteiger partial charge >= 0.3 is 6.01 Å². The molecular formula is C34H35F3IN5O4S. The average molecular weight is 794 g/mol. The van der Waals surface area contributed by atoms with Crippen LogP contribution < -0.4 is 9.64 Å². The fourth-order valence-corrected chi connectivity index (χ4v) is 7.39. The summed E-state index contributed by atoms with van der Waals surface area (Å²) in [7, 11) is 2.61. The number of phenols is 1. The van der Waals surface area contributed by atoms with Crippen molar-refractivity contribution in [3.63, 3.8) is 0 Å². The Morgan fingerprint density at radius 3 is 2.81 bits per heavy atom. The Kier molecular flexibility index (Phi) is 10.7. The van der Waals surface area contributed by atoms with Gasteiger partial charge in [-0.15, -0.1) is 0 Å². The number of methoxy groups -OCH3 is 1. The first-order valence-electron chi connectivity index (χ1n) is 15.7. The zero-order chi connectivity index (χ0) is 34.0. The molecule has 4 aromatic rings. The van der Waals surface area contributed by atoms with Gasteiger partial charge in [-0.05, 0) is 80.9 Å². The Bertz CT molecular complexity index is 1880. The number of aromatic nitrogens is 3. The number of aryl methyl sites for hydroxylation is 1. The van der Waals surface area contributed by atoms with Crippen LogP contribution in [0.2, 0.25) is 0 Å². The maximum Gasteiger partial charge on any atom is 0.318 e. The van der Waals surface area contributed by atoms with Gasteiger partial charge in [0, 0.05) is 52.1 Å². The van der Waals surface area contributed by atoms with E-state index in [9.17, 15) is 19.0 Å². The highest BCUT2D eigenvalue weighted by Gasteiger charge is 2.35. The zero-order valence-electron chi connectivity index (χ0n) is 26.5. The number of anilines is 1. The monoisotopic (exact) mass is 793 g/mol. The Labute approximate surface area is 292 Å². The van der Waals surface area contributed by atoms with Crippen molar-refractivity contribution in [3.8, 4) is 34.2 Å². The molecule has 3 aliphatic heterocycles. The molecular weight excluding hydrogens is 758 g/mol. The van der Waals surface area contributed by atoms with Crippen molar-refractivity contribution in [2.24, 2.45) is 0 Å². The van der Waals surface area contributed by atoms with Crippen LogP contribution in [0.15, 0.2) is 30.5 Å². The first-order valence-corrected chi connectivity index (χ1v) is 19.1. The Hall–Kier alpha value is -3.10. The number of aromatic hydroxyl groups is 1. The molecule has 3 saturated heterocycles. The van der Waals surface area contributed by atoms with Crippen LogP contribution in [0.3, 0.4) is 0 Å². The molecule has 0 radical (unpaired) electrons. The van der Waals surface area contributed by atoms with Crippen LogP contribution in [-0.4, -0.2) is 94.4 Å². The first-order chi connectivity index (χ1) is 23.1. The van der Waals surface area contributed by atoms with E-state index >= 15 is 4.39 Å². The van der Waals surface area contributed by atoms with Crippen LogP contribution in [0.1, 0.15) is 31.7 Å². The van der Waals surface area contributed by atoms with Crippen LogP contribution >= 0.6 is 30.1 Å². The van der Waals surface area contributed by atoms with Crippen molar-refractivity contribution >= 4 is 57.6 Å². The van der Waals surface area contributed by atoms with Gasteiger partial charge in [0.1, 0.15) is 34.8 Å². The van der Waals surface area contributed by atoms with E-state index in [0.717, 1.165) is 13.0 Å². The second kappa shape index (κ2) is 14.8. The van der Waals surface area contributed by atoms with Crippen LogP contribution in [-0.2, 0) is 11.2 Å². The summed E-state index contributed by atoms with van der Waals surface area (Å²) in [4.78, 5) is 17.2. The molecule has 2 aromatic carbocycles. The molecule has 5 heterocycles. The predicted molar refractivity (Wildman–Crippen MR) is 189 cm³/mol. The number of pyridine rings is 1. The minimum atomic E-state index is -1.48. The highest BCUT2D eigenvalue weighted by Crippen LogP contribution is 2.39. The Morgan fingerprint density at radius 2 is 2.06 bits per heavy atom. The van der Waals surface area contributed by atoms with E-state index in [4.69, 9.17) is 9.47 Å². The van der Waals surface area contributed by atoms with Crippen LogP contribution in [0.4, 0.5) is 19.0 Å². The molecule has 3 aliphatic rings. The highest BCUT2D eigenvalue weighted by atomic mass is 127. The summed E-state index contributed by atoms with van der Waals surface area (Å²) in [6.07, 6.45) is 4.60. The van der Waals surface area contributed by atoms with Crippen molar-refractivity contribution in [1.29, 1.82) is 0 Å². The number of β-amino-alcohol motifs (C(OH)–C–C–N with tert-alkyl or cyclic N) is 1. The normalized spacial score (nSPS) is 22.5. The number of fused-ring (bicyclic) bond motifs is 3. The van der Waals surface area contributed by atoms with E-state index < -0.39 is 23.4 Å². The van der Waals surface area contributed by atoms with Crippen molar-refractivity contribution in [1.82, 2.24) is 19.9 Å². The lowest BCUT2D eigenvalue weighted by Crippen LogP contribution is -2.43. The first kappa shape index (κ1) is 34.8. The smallest absolute Gasteiger partial charge is 0.318 e. The summed E-state index contributed by atoms with van der Waals surface area (Å²) < 4.78 is 54.5. The molecule has 0 bridgehead atoms. The van der Waals surface area contributed by atoms with Gasteiger partial charge in [-0.1, -0.05) is 18.9 Å². The maximum absolute atomic E-state index is 16.3. The predicted octanol–water partition coefficient (Wildman–Crippen LogP) is 6.20. The minimum absolute atomic E-state index is 0.00546. The zero-order valence-corrected chi connectivity index (χ0v) is 29.5. The summed E-state index contributed by atoms with van der Waals surface area (Å²) in [5.41, 5.74) is -1.03. The molecule has 7 rings (SSSR count). The summed E-state index contributed by atoms with van der Waals surface area (Å²) in [5, 5.41) is 25.6. The summed E-state index contributed by atoms with van der Waals surface area (Å²) in [6.45, 7) is 4.34. The number of phenolic OH excluding ortho intramolecular Hbond substituents is 1. The molecule has 0 aliphatic carbocycles. The van der Waals surface area contributed by atoms with Gasteiger partial charge in [-0.25, -0.2) is 13.2 Å². The van der Waals surface area contributed by atoms with Gasteiger partial charge in [-0.3, -0.25) is 9.88 Å². The van der Waals surface area contributed by atoms with E-state index in [1.165, 1.54) is 59.3 Å². The molecule has 0 saturated carbocycles. The van der Waals surface area contributed by atoms with Gasteiger partial charge in [0.15, 0.2) is 11.4 Å². The SMILES string of the molecule is CCc1c(F)ccc2cc(O)cc(-c3ncc4c(N5CCOCC(O)(C#CSI)C5)nc(OC)nc4c3F)c12.FC1CC2CCCN2C1. The third kappa shape index (κ3) is 7.11. The maximum atomic E-state index is 16.3. The van der Waals surface area contributed by atoms with Gasteiger partial charge in [-0.2, -0.15) is 9.97 Å². The average Bonchev–Trinajstić information content (AvgIpc) is 3.59. The van der Waals surface area contributed by atoms with Crippen LogP contribution in [0.5, 0.6) is 11.8 Å². The number of nitrogens with zero attached hydrogens (tertiary/aromatic N) is 5. The van der Waals surface area contributed by atoms with Crippen molar-refractivity contribution in [2.45, 2.75) is 50.4 Å². The molecule has 2 N–H and O–H groups in total. The highest BCUT2D eigenvalue weighted by molar-refractivity contribution is 14.2. The molecule has 254 valence electrons. The van der Waals surface area contributed by atoms with Crippen LogP contribution in [0, 0.1) is 22.8 Å². The van der Waals surface area contributed by atoms with Crippen molar-refractivity contribution in [3.05, 3.63) is 47.7 Å². The number of hydrogen-bond donors (Lipinski definition) is 2. The van der Waals surface area contributed by atoms with Crippen molar-refractivity contribution < 1.29 is 32.9 Å². The van der Waals surface area contributed by atoms with E-state index in [2.05, 4.69) is 31.0 Å². The molecule has 48 heavy (non-hydrogen) atoms. The third-order valence-electron chi connectivity index (χ3n) is 8.97. The standard InChI is InChI=1S/C27H23F2IN4O4S.C7H12FN/c1-3-17-20(28)5-4-15-10-16(35)11-18(21(15)17)23-22(29)24-19(12-31-23)25(33-26(32-24)37-2)34-7-8-38-14-27(36,13-34)6-9-39-30;8-6-4-7-2-1-3-9(7)5-6/h4-5,10-12,35-36H,3,7-8,13-14H2,1-2H3;6-7H,1-5H2. The molecule has 14 heteroatoms. The summed E-state index contributed by atoms with van der Waals surface area (Å²) in [5.74, 6) is 1.80. The van der Waals surface area contributed by atoms with E-state index in [-0.39, 0.29) is 53.7 Å². The number of hydrogen-bond acceptors (Lipinski definition) is 10. The second-order valence-electron chi connectivity index (χ2n) is 12.1. The Balaban J connectivity index is 0.000000381. The van der Waals surface area contributed by atoms with Crippen molar-refractivity contribution in [2.75, 3.05) is 51.4 Å². The van der Waals surface area contributed by atoms with Gasteiger partial charge in [0.2, 0.25) is 0 Å². The van der Waals surface area contributed by atoms with E-state index in [1.54, 1.807) is 11.8 Å². The van der Waals surface area contributed by atoms with Gasteiger partial charge in [0.05, 0.1) is 32.3 Å². The number of benzene rings is 2. The lowest BCUT2D eigenvalue weighted by molar-refractivity contribution is 0.0153. The third-order valence-corrected chi connectivity index (χ3v) is 9.81. The number of alkyl halides is 1. The van der Waals surface area contributed by atoms with Crippen LogP contribution in [0.25, 0.3) is 32.9 Å². The van der Waals surface area contributed by atoms with E-state index in [0.29, 0.717) is 47.7 Å². The number of rotatable bonds is 4. The molecule has 0 spiro atoms. The fraction of sp³-hybridized carbons (Fsp3) is 0.441. The van der Waals surface area contributed by atoms with E-state index in [1.807, 2.05) is 21.2 Å². The lowest BCUT2D eigenvalue weighted by Gasteiger charge is -2.28. The lowest BCUT2D eigenvalue weighted by atomic mass is 9.94. The van der Waals surface area contributed by atoms with Gasteiger partial charge < -0.3 is 24.6 Å². The second-order valence-corrected chi connectivity index (χ2v) is 13.8. The molecule has 9 nitrogen and oxygen atoms in total. The molecule has 0 amide bonds. The number of halogens is 4. The topological polar surface area (TPSA) is 104 Å². The molecule has 3 atom stereocenters.